The van der Waals surface area contributed by atoms with E-state index in [1.54, 1.807) is 12.1 Å². The van der Waals surface area contributed by atoms with Gasteiger partial charge in [0.15, 0.2) is 0 Å². The van der Waals surface area contributed by atoms with Crippen molar-refractivity contribution in [2.24, 2.45) is 0 Å². The third kappa shape index (κ3) is 4.58. The van der Waals surface area contributed by atoms with E-state index in [0.29, 0.717) is 0 Å². The van der Waals surface area contributed by atoms with Crippen LogP contribution in [0.25, 0.3) is 0 Å². The number of carbonyl (C=O) groups excluding carboxylic acids is 2. The maximum atomic E-state index is 12.9. The van der Waals surface area contributed by atoms with Crippen molar-refractivity contribution < 1.29 is 22.8 Å². The molecular weight excluding hydrogens is 359 g/mol. The van der Waals surface area contributed by atoms with Crippen molar-refractivity contribution in [3.63, 3.8) is 0 Å². The molecule has 5 nitrogen and oxygen atoms in total. The molecule has 0 aromatic heterocycles. The Morgan fingerprint density at radius 3 is 2.56 bits per heavy atom. The predicted molar refractivity (Wildman–Crippen MR) is 94.0 cm³/mol. The van der Waals surface area contributed by atoms with Crippen LogP contribution < -0.4 is 10.6 Å². The summed E-state index contributed by atoms with van der Waals surface area (Å²) in [5.74, 6) is -0.182. The summed E-state index contributed by atoms with van der Waals surface area (Å²) < 4.78 is 38.6. The number of nitrogens with one attached hydrogen (secondary N) is 2. The van der Waals surface area contributed by atoms with E-state index in [2.05, 4.69) is 10.6 Å². The standard InChI is InChI=1S/C19H18F3N3O2/c20-19(21,22)14-7-4-8-15(11-14)24-18(27)25-10-9-23-17(26)12-16(25)13-5-2-1-3-6-13/h1-8,11,16H,9-10,12H2,(H,23,26)(H,24,27)/t16-/m1/s1. The lowest BCUT2D eigenvalue weighted by molar-refractivity contribution is -0.137. The van der Waals surface area contributed by atoms with Crippen molar-refractivity contribution in [3.05, 3.63) is 65.7 Å². The van der Waals surface area contributed by atoms with Gasteiger partial charge in [0.1, 0.15) is 0 Å². The number of halogens is 3. The zero-order chi connectivity index (χ0) is 19.4. The first-order valence-electron chi connectivity index (χ1n) is 8.41. The molecule has 142 valence electrons. The van der Waals surface area contributed by atoms with Gasteiger partial charge in [0.2, 0.25) is 5.91 Å². The summed E-state index contributed by atoms with van der Waals surface area (Å²) in [7, 11) is 0. The first-order chi connectivity index (χ1) is 12.8. The monoisotopic (exact) mass is 377 g/mol. The second kappa shape index (κ2) is 7.69. The van der Waals surface area contributed by atoms with Crippen molar-refractivity contribution in [1.29, 1.82) is 0 Å². The molecule has 0 bridgehead atoms. The normalized spacial score (nSPS) is 17.8. The minimum atomic E-state index is -4.49. The summed E-state index contributed by atoms with van der Waals surface area (Å²) >= 11 is 0. The van der Waals surface area contributed by atoms with Crippen molar-refractivity contribution >= 4 is 17.6 Å². The van der Waals surface area contributed by atoms with Crippen LogP contribution in [0.4, 0.5) is 23.7 Å². The third-order valence-electron chi connectivity index (χ3n) is 4.32. The fourth-order valence-electron chi connectivity index (χ4n) is 3.01. The van der Waals surface area contributed by atoms with E-state index in [1.165, 1.54) is 17.0 Å². The number of hydrogen-bond donors (Lipinski definition) is 2. The molecule has 1 fully saturated rings. The zero-order valence-electron chi connectivity index (χ0n) is 14.3. The molecule has 1 aliphatic rings. The van der Waals surface area contributed by atoms with E-state index in [4.69, 9.17) is 0 Å². The molecule has 8 heteroatoms. The van der Waals surface area contributed by atoms with Crippen molar-refractivity contribution in [3.8, 4) is 0 Å². The second-order valence-corrected chi connectivity index (χ2v) is 6.18. The summed E-state index contributed by atoms with van der Waals surface area (Å²) in [6.45, 7) is 0.522. The number of nitrogens with zero attached hydrogens (tertiary/aromatic N) is 1. The summed E-state index contributed by atoms with van der Waals surface area (Å²) in [5, 5.41) is 5.23. The number of amides is 3. The Morgan fingerprint density at radius 1 is 1.11 bits per heavy atom. The number of hydrogen-bond acceptors (Lipinski definition) is 2. The van der Waals surface area contributed by atoms with Gasteiger partial charge in [0.25, 0.3) is 0 Å². The molecule has 0 saturated carbocycles. The van der Waals surface area contributed by atoms with Gasteiger partial charge < -0.3 is 15.5 Å². The van der Waals surface area contributed by atoms with Gasteiger partial charge in [0, 0.05) is 18.8 Å². The van der Waals surface area contributed by atoms with Crippen LogP contribution in [-0.4, -0.2) is 29.9 Å². The molecular formula is C19H18F3N3O2. The molecule has 0 aliphatic carbocycles. The van der Waals surface area contributed by atoms with Crippen LogP contribution >= 0.6 is 0 Å². The van der Waals surface area contributed by atoms with Gasteiger partial charge in [0.05, 0.1) is 18.0 Å². The molecule has 2 aromatic rings. The average Bonchev–Trinajstić information content (AvgIpc) is 2.83. The van der Waals surface area contributed by atoms with E-state index in [1.807, 2.05) is 18.2 Å². The summed E-state index contributed by atoms with van der Waals surface area (Å²) in [6.07, 6.45) is -4.41. The lowest BCUT2D eigenvalue weighted by atomic mass is 10.0. The molecule has 1 heterocycles. The van der Waals surface area contributed by atoms with Crippen molar-refractivity contribution in [2.75, 3.05) is 18.4 Å². The molecule has 1 aliphatic heterocycles. The Kier molecular flexibility index (Phi) is 5.34. The van der Waals surface area contributed by atoms with Gasteiger partial charge in [-0.3, -0.25) is 4.79 Å². The topological polar surface area (TPSA) is 61.4 Å². The average molecular weight is 377 g/mol. The molecule has 27 heavy (non-hydrogen) atoms. The Hall–Kier alpha value is -3.03. The van der Waals surface area contributed by atoms with Gasteiger partial charge in [-0.15, -0.1) is 0 Å². The van der Waals surface area contributed by atoms with Crippen LogP contribution in [0.1, 0.15) is 23.6 Å². The lowest BCUT2D eigenvalue weighted by Crippen LogP contribution is -2.39. The van der Waals surface area contributed by atoms with Gasteiger partial charge in [-0.1, -0.05) is 36.4 Å². The van der Waals surface area contributed by atoms with Crippen molar-refractivity contribution in [2.45, 2.75) is 18.6 Å². The molecule has 0 radical (unpaired) electrons. The van der Waals surface area contributed by atoms with E-state index in [0.717, 1.165) is 17.7 Å². The highest BCUT2D eigenvalue weighted by Gasteiger charge is 2.32. The maximum absolute atomic E-state index is 12.9. The molecule has 0 spiro atoms. The van der Waals surface area contributed by atoms with Crippen LogP contribution in [0.3, 0.4) is 0 Å². The number of carbonyl (C=O) groups is 2. The van der Waals surface area contributed by atoms with Crippen molar-refractivity contribution in [1.82, 2.24) is 10.2 Å². The van der Waals surface area contributed by atoms with Crippen LogP contribution in [-0.2, 0) is 11.0 Å². The Bertz CT molecular complexity index is 824. The second-order valence-electron chi connectivity index (χ2n) is 6.18. The molecule has 3 amide bonds. The summed E-state index contributed by atoms with van der Waals surface area (Å²) in [6, 6.07) is 12.5. The van der Waals surface area contributed by atoms with E-state index in [9.17, 15) is 22.8 Å². The third-order valence-corrected chi connectivity index (χ3v) is 4.32. The Balaban J connectivity index is 1.84. The first-order valence-corrected chi connectivity index (χ1v) is 8.41. The van der Waals surface area contributed by atoms with Crippen LogP contribution in [0, 0.1) is 0 Å². The Labute approximate surface area is 154 Å². The number of anilines is 1. The van der Waals surface area contributed by atoms with Gasteiger partial charge >= 0.3 is 12.2 Å². The first kappa shape index (κ1) is 18.8. The smallest absolute Gasteiger partial charge is 0.354 e. The van der Waals surface area contributed by atoms with Gasteiger partial charge in [-0.2, -0.15) is 13.2 Å². The SMILES string of the molecule is O=C1C[C@H](c2ccccc2)N(C(=O)Nc2cccc(C(F)(F)F)c2)CCN1. The van der Waals surface area contributed by atoms with Crippen LogP contribution in [0.5, 0.6) is 0 Å². The van der Waals surface area contributed by atoms with E-state index < -0.39 is 23.8 Å². The molecule has 2 aromatic carbocycles. The largest absolute Gasteiger partial charge is 0.416 e. The molecule has 2 N–H and O–H groups in total. The highest BCUT2D eigenvalue weighted by atomic mass is 19.4. The Morgan fingerprint density at radius 2 is 1.85 bits per heavy atom. The van der Waals surface area contributed by atoms with Crippen LogP contribution in [0.15, 0.2) is 54.6 Å². The number of alkyl halides is 3. The zero-order valence-corrected chi connectivity index (χ0v) is 14.3. The lowest BCUT2D eigenvalue weighted by Gasteiger charge is -2.29. The van der Waals surface area contributed by atoms with Gasteiger partial charge in [-0.25, -0.2) is 4.79 Å². The fraction of sp³-hybridized carbons (Fsp3) is 0.263. The number of benzene rings is 2. The van der Waals surface area contributed by atoms with Crippen LogP contribution in [0.2, 0.25) is 0 Å². The molecule has 1 atom stereocenters. The van der Waals surface area contributed by atoms with Gasteiger partial charge in [-0.05, 0) is 23.8 Å². The number of rotatable bonds is 2. The minimum absolute atomic E-state index is 0.0465. The summed E-state index contributed by atoms with van der Waals surface area (Å²) in [5.41, 5.74) is -0.00784. The summed E-state index contributed by atoms with van der Waals surface area (Å²) in [4.78, 5) is 26.2. The molecule has 0 unspecified atom stereocenters. The highest BCUT2D eigenvalue weighted by molar-refractivity contribution is 5.90. The fourth-order valence-corrected chi connectivity index (χ4v) is 3.01. The predicted octanol–water partition coefficient (Wildman–Crippen LogP) is 3.80. The van der Waals surface area contributed by atoms with E-state index >= 15 is 0 Å². The minimum Gasteiger partial charge on any atom is -0.354 e. The number of urea groups is 1. The maximum Gasteiger partial charge on any atom is 0.416 e. The quantitative estimate of drug-likeness (QED) is 0.836. The molecule has 3 rings (SSSR count). The highest BCUT2D eigenvalue weighted by Crippen LogP contribution is 2.31. The van der Waals surface area contributed by atoms with E-state index in [-0.39, 0.29) is 31.1 Å². The molecule has 1 saturated heterocycles.